The maximum Gasteiger partial charge on any atom is 0.119 e. The fraction of sp³-hybridized carbons (Fsp3) is 0.450. The van der Waals surface area contributed by atoms with Crippen LogP contribution in [0.15, 0.2) is 42.6 Å². The molecule has 122 valence electrons. The number of ether oxygens (including phenoxy) is 1. The van der Waals surface area contributed by atoms with Crippen molar-refractivity contribution in [2.45, 2.75) is 31.6 Å². The van der Waals surface area contributed by atoms with Crippen LogP contribution in [0.25, 0.3) is 0 Å². The number of nitrogens with one attached hydrogen (secondary N) is 1. The lowest BCUT2D eigenvalue weighted by atomic mass is 9.74. The number of nitrogens with zero attached hydrogens (tertiary/aromatic N) is 1. The molecule has 3 rings (SSSR count). The van der Waals surface area contributed by atoms with Gasteiger partial charge in [-0.05, 0) is 86.5 Å². The van der Waals surface area contributed by atoms with E-state index in [1.165, 1.54) is 36.1 Å². The van der Waals surface area contributed by atoms with Crippen LogP contribution in [0, 0.1) is 5.92 Å². The molecular formula is C20H26N2O. The van der Waals surface area contributed by atoms with Gasteiger partial charge in [0.1, 0.15) is 5.75 Å². The summed E-state index contributed by atoms with van der Waals surface area (Å²) in [6, 6.07) is 12.8. The van der Waals surface area contributed by atoms with Gasteiger partial charge < -0.3 is 10.1 Å². The Balaban J connectivity index is 1.86. The minimum absolute atomic E-state index is 0.572. The van der Waals surface area contributed by atoms with Crippen molar-refractivity contribution in [3.05, 3.63) is 59.4 Å². The van der Waals surface area contributed by atoms with E-state index >= 15 is 0 Å². The Morgan fingerprint density at radius 1 is 1.30 bits per heavy atom. The summed E-state index contributed by atoms with van der Waals surface area (Å²) in [6.45, 7) is 1.02. The summed E-state index contributed by atoms with van der Waals surface area (Å²) in [6.07, 6.45) is 6.61. The first-order chi connectivity index (χ1) is 11.3. The second-order valence-corrected chi connectivity index (χ2v) is 6.41. The number of benzene rings is 1. The number of fused-ring (bicyclic) bond motifs is 1. The summed E-state index contributed by atoms with van der Waals surface area (Å²) in [5.41, 5.74) is 4.16. The molecule has 1 aliphatic carbocycles. The molecule has 2 atom stereocenters. The third-order valence-corrected chi connectivity index (χ3v) is 4.94. The van der Waals surface area contributed by atoms with Gasteiger partial charge in [0.25, 0.3) is 0 Å². The van der Waals surface area contributed by atoms with Crippen molar-refractivity contribution >= 4 is 0 Å². The fourth-order valence-electron chi connectivity index (χ4n) is 3.85. The topological polar surface area (TPSA) is 34.2 Å². The highest BCUT2D eigenvalue weighted by molar-refractivity contribution is 5.39. The summed E-state index contributed by atoms with van der Waals surface area (Å²) < 4.78 is 5.40. The van der Waals surface area contributed by atoms with Crippen LogP contribution >= 0.6 is 0 Å². The molecule has 0 spiro atoms. The first kappa shape index (κ1) is 16.0. The summed E-state index contributed by atoms with van der Waals surface area (Å²) in [5.74, 6) is 2.14. The number of aryl methyl sites for hydroxylation is 1. The van der Waals surface area contributed by atoms with Crippen molar-refractivity contribution in [2.24, 2.45) is 5.92 Å². The average Bonchev–Trinajstić information content (AvgIpc) is 2.61. The van der Waals surface area contributed by atoms with Gasteiger partial charge in [-0.25, -0.2) is 0 Å². The summed E-state index contributed by atoms with van der Waals surface area (Å²) in [7, 11) is 3.79. The molecule has 0 amide bonds. The van der Waals surface area contributed by atoms with E-state index in [9.17, 15) is 0 Å². The number of rotatable bonds is 6. The number of pyridine rings is 1. The third-order valence-electron chi connectivity index (χ3n) is 4.94. The van der Waals surface area contributed by atoms with E-state index in [0.717, 1.165) is 18.7 Å². The van der Waals surface area contributed by atoms with Gasteiger partial charge in [-0.1, -0.05) is 12.1 Å². The average molecular weight is 310 g/mol. The van der Waals surface area contributed by atoms with Gasteiger partial charge >= 0.3 is 0 Å². The molecule has 1 heterocycles. The zero-order valence-corrected chi connectivity index (χ0v) is 14.1. The normalized spacial score (nSPS) is 18.3. The van der Waals surface area contributed by atoms with Gasteiger partial charge in [-0.3, -0.25) is 4.98 Å². The number of aromatic nitrogens is 1. The van der Waals surface area contributed by atoms with Crippen LogP contribution in [0.5, 0.6) is 5.75 Å². The Hall–Kier alpha value is -1.87. The highest BCUT2D eigenvalue weighted by Gasteiger charge is 2.28. The fourth-order valence-corrected chi connectivity index (χ4v) is 3.85. The van der Waals surface area contributed by atoms with Crippen molar-refractivity contribution in [2.75, 3.05) is 20.7 Å². The summed E-state index contributed by atoms with van der Waals surface area (Å²) in [4.78, 5) is 4.53. The zero-order valence-electron chi connectivity index (χ0n) is 14.1. The molecule has 0 fully saturated rings. The number of methoxy groups -OCH3 is 1. The van der Waals surface area contributed by atoms with Crippen LogP contribution in [0.4, 0.5) is 0 Å². The zero-order chi connectivity index (χ0) is 16.1. The standard InChI is InChI=1S/C20H26N2O/c1-21-14-16(12-17-7-3-4-11-22-17)19-8-5-6-15-13-18(23-2)9-10-20(15)19/h3-4,7,9-11,13,16,19,21H,5-6,8,12,14H2,1-2H3. The van der Waals surface area contributed by atoms with Crippen molar-refractivity contribution in [1.29, 1.82) is 0 Å². The predicted molar refractivity (Wildman–Crippen MR) is 94.0 cm³/mol. The first-order valence-corrected chi connectivity index (χ1v) is 8.53. The Labute approximate surface area is 139 Å². The largest absolute Gasteiger partial charge is 0.497 e. The van der Waals surface area contributed by atoms with E-state index in [2.05, 4.69) is 40.6 Å². The van der Waals surface area contributed by atoms with Gasteiger partial charge in [0.05, 0.1) is 7.11 Å². The molecular weight excluding hydrogens is 284 g/mol. The Morgan fingerprint density at radius 2 is 2.22 bits per heavy atom. The number of hydrogen-bond donors (Lipinski definition) is 1. The molecule has 0 bridgehead atoms. The lowest BCUT2D eigenvalue weighted by Crippen LogP contribution is -2.29. The van der Waals surface area contributed by atoms with E-state index < -0.39 is 0 Å². The Bertz CT molecular complexity index is 627. The SMILES string of the molecule is CNCC(Cc1ccccn1)C1CCCc2cc(OC)ccc21. The van der Waals surface area contributed by atoms with Crippen LogP contribution in [0.1, 0.15) is 35.6 Å². The molecule has 1 aliphatic rings. The van der Waals surface area contributed by atoms with E-state index in [1.807, 2.05) is 19.3 Å². The molecule has 1 aromatic carbocycles. The summed E-state index contributed by atoms with van der Waals surface area (Å²) >= 11 is 0. The molecule has 0 saturated heterocycles. The van der Waals surface area contributed by atoms with Crippen LogP contribution in [0.3, 0.4) is 0 Å². The van der Waals surface area contributed by atoms with Crippen molar-refractivity contribution in [3.63, 3.8) is 0 Å². The molecule has 1 N–H and O–H groups in total. The molecule has 0 saturated carbocycles. The Kier molecular flexibility index (Phi) is 5.29. The molecule has 2 aromatic rings. The van der Waals surface area contributed by atoms with Gasteiger partial charge in [0, 0.05) is 11.9 Å². The van der Waals surface area contributed by atoms with Gasteiger partial charge in [0.15, 0.2) is 0 Å². The maximum atomic E-state index is 5.40. The van der Waals surface area contributed by atoms with Crippen molar-refractivity contribution < 1.29 is 4.74 Å². The van der Waals surface area contributed by atoms with Crippen molar-refractivity contribution in [1.82, 2.24) is 10.3 Å². The lowest BCUT2D eigenvalue weighted by Gasteiger charge is -2.32. The molecule has 0 radical (unpaired) electrons. The highest BCUT2D eigenvalue weighted by atomic mass is 16.5. The summed E-state index contributed by atoms with van der Waals surface area (Å²) in [5, 5.41) is 3.39. The predicted octanol–water partition coefficient (Wildman–Crippen LogP) is 3.59. The third kappa shape index (κ3) is 3.73. The van der Waals surface area contributed by atoms with E-state index in [-0.39, 0.29) is 0 Å². The van der Waals surface area contributed by atoms with Crippen LogP contribution < -0.4 is 10.1 Å². The monoisotopic (exact) mass is 310 g/mol. The minimum Gasteiger partial charge on any atom is -0.497 e. The lowest BCUT2D eigenvalue weighted by molar-refractivity contribution is 0.361. The van der Waals surface area contributed by atoms with E-state index in [4.69, 9.17) is 4.74 Å². The molecule has 1 aromatic heterocycles. The molecule has 2 unspecified atom stereocenters. The van der Waals surface area contributed by atoms with Gasteiger partial charge in [-0.2, -0.15) is 0 Å². The second-order valence-electron chi connectivity index (χ2n) is 6.41. The van der Waals surface area contributed by atoms with Crippen LogP contribution in [-0.2, 0) is 12.8 Å². The first-order valence-electron chi connectivity index (χ1n) is 8.53. The molecule has 3 heteroatoms. The van der Waals surface area contributed by atoms with E-state index in [0.29, 0.717) is 11.8 Å². The van der Waals surface area contributed by atoms with E-state index in [1.54, 1.807) is 7.11 Å². The molecule has 0 aliphatic heterocycles. The minimum atomic E-state index is 0.572. The Morgan fingerprint density at radius 3 is 2.96 bits per heavy atom. The van der Waals surface area contributed by atoms with Crippen molar-refractivity contribution in [3.8, 4) is 5.75 Å². The quantitative estimate of drug-likeness (QED) is 0.885. The molecule has 3 nitrogen and oxygen atoms in total. The smallest absolute Gasteiger partial charge is 0.119 e. The molecule has 23 heavy (non-hydrogen) atoms. The maximum absolute atomic E-state index is 5.40. The van der Waals surface area contributed by atoms with Gasteiger partial charge in [0.2, 0.25) is 0 Å². The highest BCUT2D eigenvalue weighted by Crippen LogP contribution is 2.39. The second kappa shape index (κ2) is 7.60. The van der Waals surface area contributed by atoms with Crippen LogP contribution in [0.2, 0.25) is 0 Å². The van der Waals surface area contributed by atoms with Gasteiger partial charge in [-0.15, -0.1) is 0 Å². The van der Waals surface area contributed by atoms with Crippen LogP contribution in [-0.4, -0.2) is 25.7 Å². The number of hydrogen-bond acceptors (Lipinski definition) is 3.